The van der Waals surface area contributed by atoms with Crippen molar-refractivity contribution in [2.45, 2.75) is 50.6 Å². The summed E-state index contributed by atoms with van der Waals surface area (Å²) in [5, 5.41) is 3.36. The molecule has 192 valence electrons. The molecule has 1 aromatic carbocycles. The van der Waals surface area contributed by atoms with Gasteiger partial charge >= 0.3 is 6.03 Å². The van der Waals surface area contributed by atoms with Crippen molar-refractivity contribution in [3.8, 4) is 0 Å². The fourth-order valence-electron chi connectivity index (χ4n) is 6.31. The van der Waals surface area contributed by atoms with Gasteiger partial charge in [0.2, 0.25) is 5.91 Å². The standard InChI is InChI=1S/C28H38N6O2/c1-21-18-25(33-16-14-32(15-17-33)22(2)35)29-19-24(21)34-20-27(30-26(34)36)10-12-28(13-11-27,31(3)4)23-8-6-5-7-9-23/h5-9,18-19H,10-17,20H2,1-4H3,(H,30,36)/t27-,28-. The highest BCUT2D eigenvalue weighted by Gasteiger charge is 2.50. The van der Waals surface area contributed by atoms with Gasteiger partial charge in [0.25, 0.3) is 0 Å². The molecule has 1 saturated carbocycles. The highest BCUT2D eigenvalue weighted by Crippen LogP contribution is 2.46. The summed E-state index contributed by atoms with van der Waals surface area (Å²) in [6, 6.07) is 12.8. The van der Waals surface area contributed by atoms with E-state index >= 15 is 0 Å². The van der Waals surface area contributed by atoms with Crippen molar-refractivity contribution in [2.24, 2.45) is 0 Å². The van der Waals surface area contributed by atoms with Crippen LogP contribution in [0.1, 0.15) is 43.7 Å². The number of nitrogens with one attached hydrogen (secondary N) is 1. The Hall–Kier alpha value is -3.13. The zero-order valence-corrected chi connectivity index (χ0v) is 22.0. The first-order valence-electron chi connectivity index (χ1n) is 13.0. The highest BCUT2D eigenvalue weighted by atomic mass is 16.2. The van der Waals surface area contributed by atoms with Crippen molar-refractivity contribution in [2.75, 3.05) is 56.6 Å². The second kappa shape index (κ2) is 9.39. The maximum atomic E-state index is 13.2. The van der Waals surface area contributed by atoms with Crippen molar-refractivity contribution in [3.05, 3.63) is 53.7 Å². The molecular formula is C28H38N6O2. The fraction of sp³-hybridized carbons (Fsp3) is 0.536. The number of anilines is 2. The smallest absolute Gasteiger partial charge is 0.322 e. The van der Waals surface area contributed by atoms with Crippen molar-refractivity contribution < 1.29 is 9.59 Å². The van der Waals surface area contributed by atoms with E-state index in [0.29, 0.717) is 19.6 Å². The van der Waals surface area contributed by atoms with Gasteiger partial charge in [-0.2, -0.15) is 0 Å². The summed E-state index contributed by atoms with van der Waals surface area (Å²) in [7, 11) is 4.34. The van der Waals surface area contributed by atoms with E-state index in [2.05, 4.69) is 72.5 Å². The van der Waals surface area contributed by atoms with Crippen molar-refractivity contribution in [1.29, 1.82) is 0 Å². The first-order valence-corrected chi connectivity index (χ1v) is 13.0. The molecule has 0 radical (unpaired) electrons. The number of amides is 3. The number of hydrogen-bond acceptors (Lipinski definition) is 5. The minimum atomic E-state index is -0.209. The van der Waals surface area contributed by atoms with Crippen LogP contribution in [0.5, 0.6) is 0 Å². The van der Waals surface area contributed by atoms with Crippen LogP contribution in [0.25, 0.3) is 0 Å². The van der Waals surface area contributed by atoms with Crippen LogP contribution in [0.3, 0.4) is 0 Å². The van der Waals surface area contributed by atoms with Gasteiger partial charge in [-0.25, -0.2) is 9.78 Å². The van der Waals surface area contributed by atoms with Crippen LogP contribution in [0.15, 0.2) is 42.6 Å². The third-order valence-corrected chi connectivity index (χ3v) is 8.69. The number of nitrogens with zero attached hydrogens (tertiary/aromatic N) is 5. The summed E-state index contributed by atoms with van der Waals surface area (Å²) in [6.45, 7) is 7.32. The van der Waals surface area contributed by atoms with Crippen LogP contribution >= 0.6 is 0 Å². The molecule has 2 saturated heterocycles. The molecule has 3 aliphatic rings. The number of aryl methyl sites for hydroxylation is 1. The molecule has 3 amide bonds. The van der Waals surface area contributed by atoms with E-state index in [1.165, 1.54) is 5.56 Å². The topological polar surface area (TPSA) is 72.0 Å². The van der Waals surface area contributed by atoms with E-state index in [1.807, 2.05) is 16.0 Å². The van der Waals surface area contributed by atoms with Crippen LogP contribution in [0.2, 0.25) is 0 Å². The van der Waals surface area contributed by atoms with Gasteiger partial charge in [-0.3, -0.25) is 14.6 Å². The molecule has 2 aliphatic heterocycles. The summed E-state index contributed by atoms with van der Waals surface area (Å²) < 4.78 is 0. The molecule has 3 heterocycles. The van der Waals surface area contributed by atoms with Crippen molar-refractivity contribution >= 4 is 23.4 Å². The highest BCUT2D eigenvalue weighted by molar-refractivity contribution is 5.96. The van der Waals surface area contributed by atoms with E-state index in [9.17, 15) is 9.59 Å². The summed E-state index contributed by atoms with van der Waals surface area (Å²) in [5.41, 5.74) is 3.06. The number of urea groups is 1. The Kier molecular flexibility index (Phi) is 6.41. The van der Waals surface area contributed by atoms with E-state index < -0.39 is 0 Å². The van der Waals surface area contributed by atoms with Crippen molar-refractivity contribution in [1.82, 2.24) is 20.1 Å². The Morgan fingerprint density at radius 2 is 1.69 bits per heavy atom. The number of rotatable bonds is 4. The maximum absolute atomic E-state index is 13.2. The van der Waals surface area contributed by atoms with E-state index in [0.717, 1.165) is 55.8 Å². The monoisotopic (exact) mass is 490 g/mol. The third-order valence-electron chi connectivity index (χ3n) is 8.69. The van der Waals surface area contributed by atoms with Gasteiger partial charge in [-0.05, 0) is 63.9 Å². The Balaban J connectivity index is 1.29. The molecule has 36 heavy (non-hydrogen) atoms. The van der Waals surface area contributed by atoms with Crippen LogP contribution < -0.4 is 15.1 Å². The molecule has 1 aliphatic carbocycles. The molecule has 1 aromatic heterocycles. The first kappa shape index (κ1) is 24.6. The number of hydrogen-bond donors (Lipinski definition) is 1. The molecule has 2 aromatic rings. The van der Waals surface area contributed by atoms with Gasteiger partial charge in [0.05, 0.1) is 24.0 Å². The van der Waals surface area contributed by atoms with Crippen LogP contribution in [-0.2, 0) is 10.3 Å². The van der Waals surface area contributed by atoms with E-state index in [4.69, 9.17) is 4.98 Å². The summed E-state index contributed by atoms with van der Waals surface area (Å²) >= 11 is 0. The Bertz CT molecular complexity index is 1120. The maximum Gasteiger partial charge on any atom is 0.322 e. The summed E-state index contributed by atoms with van der Waals surface area (Å²) in [6.07, 6.45) is 5.72. The molecule has 8 heteroatoms. The fourth-order valence-corrected chi connectivity index (χ4v) is 6.31. The first-order chi connectivity index (χ1) is 17.2. The third kappa shape index (κ3) is 4.32. The predicted molar refractivity (Wildman–Crippen MR) is 142 cm³/mol. The number of carbonyl (C=O) groups excluding carboxylic acids is 2. The minimum Gasteiger partial charge on any atom is -0.353 e. The number of piperazine rings is 1. The summed E-state index contributed by atoms with van der Waals surface area (Å²) in [5.74, 6) is 1.03. The van der Waals surface area contributed by atoms with Crippen LogP contribution in [-0.4, -0.2) is 79.1 Å². The summed E-state index contributed by atoms with van der Waals surface area (Å²) in [4.78, 5) is 37.9. The molecule has 1 N–H and O–H groups in total. The Morgan fingerprint density at radius 1 is 1.03 bits per heavy atom. The predicted octanol–water partition coefficient (Wildman–Crippen LogP) is 3.36. The quantitative estimate of drug-likeness (QED) is 0.712. The lowest BCUT2D eigenvalue weighted by atomic mass is 9.69. The normalized spacial score (nSPS) is 26.6. The number of aromatic nitrogens is 1. The molecule has 5 rings (SSSR count). The van der Waals surface area contributed by atoms with Crippen LogP contribution in [0.4, 0.5) is 16.3 Å². The SMILES string of the molecule is CC(=O)N1CCN(c2cc(C)c(N3C[C@]4(CC[C@@](c5ccccc5)(N(C)C)CC4)NC3=O)cn2)CC1. The second-order valence-electron chi connectivity index (χ2n) is 10.9. The largest absolute Gasteiger partial charge is 0.353 e. The van der Waals surface area contributed by atoms with Gasteiger partial charge in [0.15, 0.2) is 0 Å². The average molecular weight is 491 g/mol. The molecule has 3 fully saturated rings. The van der Waals surface area contributed by atoms with E-state index in [1.54, 1.807) is 6.92 Å². The second-order valence-corrected chi connectivity index (χ2v) is 10.9. The van der Waals surface area contributed by atoms with Gasteiger partial charge in [0, 0.05) is 38.6 Å². The lowest BCUT2D eigenvalue weighted by molar-refractivity contribution is -0.129. The van der Waals surface area contributed by atoms with Gasteiger partial charge in [-0.15, -0.1) is 0 Å². The van der Waals surface area contributed by atoms with Gasteiger partial charge < -0.3 is 15.1 Å². The van der Waals surface area contributed by atoms with Crippen LogP contribution in [0, 0.1) is 6.92 Å². The lowest BCUT2D eigenvalue weighted by Crippen LogP contribution is -2.54. The molecule has 1 spiro atoms. The Morgan fingerprint density at radius 3 is 2.28 bits per heavy atom. The Labute approximate surface area is 214 Å². The molecule has 0 bridgehead atoms. The molecular weight excluding hydrogens is 452 g/mol. The number of carbonyl (C=O) groups is 2. The van der Waals surface area contributed by atoms with Gasteiger partial charge in [0.1, 0.15) is 5.82 Å². The van der Waals surface area contributed by atoms with Gasteiger partial charge in [-0.1, -0.05) is 30.3 Å². The zero-order chi connectivity index (χ0) is 25.5. The number of pyridine rings is 1. The minimum absolute atomic E-state index is 0.00378. The number of benzene rings is 1. The molecule has 0 unspecified atom stereocenters. The average Bonchev–Trinajstić information content (AvgIpc) is 3.20. The molecule has 8 nitrogen and oxygen atoms in total. The zero-order valence-electron chi connectivity index (χ0n) is 22.0. The van der Waals surface area contributed by atoms with E-state index in [-0.39, 0.29) is 23.0 Å². The van der Waals surface area contributed by atoms with Crippen molar-refractivity contribution in [3.63, 3.8) is 0 Å². The molecule has 0 atom stereocenters. The lowest BCUT2D eigenvalue weighted by Gasteiger charge is -2.48.